The second-order valence-corrected chi connectivity index (χ2v) is 4.91. The summed E-state index contributed by atoms with van der Waals surface area (Å²) in [5.74, 6) is -0.121. The molecule has 0 atom stereocenters. The fourth-order valence-electron chi connectivity index (χ4n) is 1.21. The Hall–Kier alpha value is -1.75. The van der Waals surface area contributed by atoms with Crippen LogP contribution in [0.3, 0.4) is 0 Å². The Morgan fingerprint density at radius 2 is 2.00 bits per heavy atom. The Morgan fingerprint density at radius 1 is 1.39 bits per heavy atom. The first kappa shape index (κ1) is 16.2. The van der Waals surface area contributed by atoms with E-state index in [0.29, 0.717) is 13.0 Å². The summed E-state index contributed by atoms with van der Waals surface area (Å²) in [7, 11) is 0. The molecule has 0 bridgehead atoms. The number of Topliss-reactive ketones (excluding diaryl/α,β-unsaturated/α-hetero) is 1. The maximum atomic E-state index is 11.8. The molecule has 0 aliphatic carbocycles. The van der Waals surface area contributed by atoms with Gasteiger partial charge in [-0.1, -0.05) is 5.11 Å². The van der Waals surface area contributed by atoms with Crippen molar-refractivity contribution in [1.29, 1.82) is 0 Å². The number of amides is 1. The van der Waals surface area contributed by atoms with E-state index in [0.717, 1.165) is 0 Å². The largest absolute Gasteiger partial charge is 0.444 e. The van der Waals surface area contributed by atoms with Crippen LogP contribution in [0.15, 0.2) is 5.11 Å². The van der Waals surface area contributed by atoms with Gasteiger partial charge in [0.1, 0.15) is 11.4 Å². The van der Waals surface area contributed by atoms with Crippen LogP contribution in [0.4, 0.5) is 4.79 Å². The van der Waals surface area contributed by atoms with Gasteiger partial charge in [0.05, 0.1) is 6.54 Å². The van der Waals surface area contributed by atoms with Gasteiger partial charge in [-0.15, -0.1) is 0 Å². The van der Waals surface area contributed by atoms with Gasteiger partial charge in [0.15, 0.2) is 0 Å². The summed E-state index contributed by atoms with van der Waals surface area (Å²) in [6.07, 6.45) is -0.0324. The first-order chi connectivity index (χ1) is 8.26. The summed E-state index contributed by atoms with van der Waals surface area (Å²) in [5.41, 5.74) is 7.54. The molecule has 0 radical (unpaired) electrons. The SMILES string of the molecule is CC(=O)CN(CCCN=[N+]=[N-])C(=O)OC(C)(C)C. The molecule has 0 aliphatic heterocycles. The van der Waals surface area contributed by atoms with Crippen LogP contribution in [0.25, 0.3) is 10.4 Å². The molecule has 0 aromatic carbocycles. The van der Waals surface area contributed by atoms with Crippen molar-refractivity contribution in [3.8, 4) is 0 Å². The third-order valence-corrected chi connectivity index (χ3v) is 1.81. The summed E-state index contributed by atoms with van der Waals surface area (Å²) in [5, 5.41) is 3.37. The molecule has 0 unspecified atom stereocenters. The van der Waals surface area contributed by atoms with Gasteiger partial charge >= 0.3 is 6.09 Å². The molecule has 0 fully saturated rings. The van der Waals surface area contributed by atoms with Crippen molar-refractivity contribution in [3.63, 3.8) is 0 Å². The maximum Gasteiger partial charge on any atom is 0.410 e. The van der Waals surface area contributed by atoms with Crippen LogP contribution in [0.5, 0.6) is 0 Å². The van der Waals surface area contributed by atoms with E-state index in [1.165, 1.54) is 11.8 Å². The summed E-state index contributed by atoms with van der Waals surface area (Å²) in [4.78, 5) is 26.8. The van der Waals surface area contributed by atoms with Gasteiger partial charge in [-0.3, -0.25) is 4.79 Å². The zero-order valence-electron chi connectivity index (χ0n) is 11.3. The van der Waals surface area contributed by atoms with E-state index in [9.17, 15) is 9.59 Å². The molecule has 0 saturated carbocycles. The van der Waals surface area contributed by atoms with Gasteiger partial charge in [-0.2, -0.15) is 0 Å². The van der Waals surface area contributed by atoms with Crippen LogP contribution in [0.1, 0.15) is 34.1 Å². The van der Waals surface area contributed by atoms with Gasteiger partial charge in [-0.05, 0) is 39.6 Å². The van der Waals surface area contributed by atoms with Crippen LogP contribution < -0.4 is 0 Å². The van der Waals surface area contributed by atoms with Crippen molar-refractivity contribution in [2.45, 2.75) is 39.7 Å². The van der Waals surface area contributed by atoms with Crippen molar-refractivity contribution in [2.24, 2.45) is 5.11 Å². The van der Waals surface area contributed by atoms with E-state index in [4.69, 9.17) is 10.3 Å². The Labute approximate surface area is 107 Å². The number of ketones is 1. The minimum atomic E-state index is -0.600. The lowest BCUT2D eigenvalue weighted by molar-refractivity contribution is -0.118. The molecule has 1 amide bonds. The molecule has 0 N–H and O–H groups in total. The quantitative estimate of drug-likeness (QED) is 0.316. The molecule has 0 aliphatic rings. The Kier molecular flexibility index (Phi) is 6.82. The summed E-state index contributed by atoms with van der Waals surface area (Å²) < 4.78 is 5.19. The highest BCUT2D eigenvalue weighted by molar-refractivity contribution is 5.82. The van der Waals surface area contributed by atoms with Gasteiger partial charge in [-0.25, -0.2) is 4.79 Å². The molecule has 18 heavy (non-hydrogen) atoms. The molecule has 7 heteroatoms. The zero-order chi connectivity index (χ0) is 14.2. The molecule has 7 nitrogen and oxygen atoms in total. The van der Waals surface area contributed by atoms with Crippen molar-refractivity contribution in [1.82, 2.24) is 4.90 Å². The Balaban J connectivity index is 4.42. The van der Waals surface area contributed by atoms with Gasteiger partial charge in [0.25, 0.3) is 0 Å². The van der Waals surface area contributed by atoms with Gasteiger partial charge in [0.2, 0.25) is 0 Å². The van der Waals surface area contributed by atoms with Crippen LogP contribution in [-0.4, -0.2) is 42.0 Å². The van der Waals surface area contributed by atoms with E-state index in [1.54, 1.807) is 20.8 Å². The predicted molar refractivity (Wildman–Crippen MR) is 67.1 cm³/mol. The van der Waals surface area contributed by atoms with Crippen molar-refractivity contribution >= 4 is 11.9 Å². The zero-order valence-corrected chi connectivity index (χ0v) is 11.3. The molecule has 0 spiro atoms. The van der Waals surface area contributed by atoms with E-state index in [1.807, 2.05) is 0 Å². The number of azide groups is 1. The standard InChI is InChI=1S/C11H20N4O3/c1-9(16)8-15(7-5-6-13-14-12)10(17)18-11(2,3)4/h5-8H2,1-4H3. The topological polar surface area (TPSA) is 95.4 Å². The molecular weight excluding hydrogens is 236 g/mol. The van der Waals surface area contributed by atoms with Gasteiger partial charge < -0.3 is 9.64 Å². The van der Waals surface area contributed by atoms with Crippen molar-refractivity contribution in [2.75, 3.05) is 19.6 Å². The summed E-state index contributed by atoms with van der Waals surface area (Å²) in [6.45, 7) is 7.31. The second-order valence-electron chi connectivity index (χ2n) is 4.91. The highest BCUT2D eigenvalue weighted by Gasteiger charge is 2.22. The highest BCUT2D eigenvalue weighted by Crippen LogP contribution is 2.10. The number of carbonyl (C=O) groups is 2. The van der Waals surface area contributed by atoms with E-state index in [2.05, 4.69) is 10.0 Å². The lowest BCUT2D eigenvalue weighted by atomic mass is 10.2. The lowest BCUT2D eigenvalue weighted by Crippen LogP contribution is -2.40. The van der Waals surface area contributed by atoms with Crippen LogP contribution in [-0.2, 0) is 9.53 Å². The number of ether oxygens (including phenoxy) is 1. The van der Waals surface area contributed by atoms with Crippen molar-refractivity contribution < 1.29 is 14.3 Å². The van der Waals surface area contributed by atoms with E-state index < -0.39 is 11.7 Å². The third kappa shape index (κ3) is 8.41. The first-order valence-corrected chi connectivity index (χ1v) is 5.74. The fourth-order valence-corrected chi connectivity index (χ4v) is 1.21. The average Bonchev–Trinajstić information content (AvgIpc) is 2.19. The summed E-state index contributed by atoms with van der Waals surface area (Å²) >= 11 is 0. The monoisotopic (exact) mass is 256 g/mol. The second kappa shape index (κ2) is 7.55. The smallest absolute Gasteiger partial charge is 0.410 e. The molecule has 102 valence electrons. The normalized spacial score (nSPS) is 10.4. The van der Waals surface area contributed by atoms with Gasteiger partial charge in [0, 0.05) is 18.0 Å². The fraction of sp³-hybridized carbons (Fsp3) is 0.818. The third-order valence-electron chi connectivity index (χ3n) is 1.81. The first-order valence-electron chi connectivity index (χ1n) is 5.74. The molecule has 0 heterocycles. The minimum Gasteiger partial charge on any atom is -0.444 e. The van der Waals surface area contributed by atoms with E-state index in [-0.39, 0.29) is 18.9 Å². The highest BCUT2D eigenvalue weighted by atomic mass is 16.6. The Bertz CT molecular complexity index is 343. The minimum absolute atomic E-state index is 0.00514. The average molecular weight is 256 g/mol. The summed E-state index contributed by atoms with van der Waals surface area (Å²) in [6, 6.07) is 0. The van der Waals surface area contributed by atoms with Crippen LogP contribution in [0, 0.1) is 0 Å². The molecule has 0 aromatic heterocycles. The number of rotatable bonds is 6. The molecule has 0 aromatic rings. The lowest BCUT2D eigenvalue weighted by Gasteiger charge is -2.26. The molecular formula is C11H20N4O3. The number of hydrogen-bond acceptors (Lipinski definition) is 4. The molecule has 0 saturated heterocycles. The number of nitrogens with zero attached hydrogens (tertiary/aromatic N) is 4. The maximum absolute atomic E-state index is 11.8. The van der Waals surface area contributed by atoms with Crippen LogP contribution in [0.2, 0.25) is 0 Å². The number of carbonyl (C=O) groups excluding carboxylic acids is 2. The number of hydrogen-bond donors (Lipinski definition) is 0. The molecule has 0 rings (SSSR count). The van der Waals surface area contributed by atoms with Crippen molar-refractivity contribution in [3.05, 3.63) is 10.4 Å². The Morgan fingerprint density at radius 3 is 2.44 bits per heavy atom. The van der Waals surface area contributed by atoms with E-state index >= 15 is 0 Å². The predicted octanol–water partition coefficient (Wildman–Crippen LogP) is 2.51. The van der Waals surface area contributed by atoms with Crippen LogP contribution >= 0.6 is 0 Å².